The van der Waals surface area contributed by atoms with Crippen molar-refractivity contribution in [1.29, 1.82) is 0 Å². The van der Waals surface area contributed by atoms with Crippen molar-refractivity contribution in [1.82, 2.24) is 4.90 Å². The van der Waals surface area contributed by atoms with Crippen LogP contribution >= 0.6 is 0 Å². The van der Waals surface area contributed by atoms with Gasteiger partial charge in [0.05, 0.1) is 5.69 Å². The number of likely N-dealkylation sites (tertiary alicyclic amines) is 1. The Morgan fingerprint density at radius 1 is 1.00 bits per heavy atom. The SMILES string of the molecule is Fc1cc(F)c(NCCN2CCCC2)cc1F. The summed E-state index contributed by atoms with van der Waals surface area (Å²) >= 11 is 0. The highest BCUT2D eigenvalue weighted by atomic mass is 19.2. The lowest BCUT2D eigenvalue weighted by Crippen LogP contribution is -2.26. The van der Waals surface area contributed by atoms with E-state index in [4.69, 9.17) is 0 Å². The zero-order valence-corrected chi connectivity index (χ0v) is 9.48. The standard InChI is InChI=1S/C12H15F3N2/c13-9-7-11(15)12(8-10(9)14)16-3-6-17-4-1-2-5-17/h7-8,16H,1-6H2. The van der Waals surface area contributed by atoms with Crippen molar-refractivity contribution in [2.24, 2.45) is 0 Å². The van der Waals surface area contributed by atoms with E-state index in [-0.39, 0.29) is 5.69 Å². The van der Waals surface area contributed by atoms with E-state index in [9.17, 15) is 13.2 Å². The molecule has 0 unspecified atom stereocenters. The third-order valence-electron chi connectivity index (χ3n) is 2.95. The fraction of sp³-hybridized carbons (Fsp3) is 0.500. The maximum absolute atomic E-state index is 13.2. The van der Waals surface area contributed by atoms with Crippen LogP contribution in [0.1, 0.15) is 12.8 Å². The summed E-state index contributed by atoms with van der Waals surface area (Å²) in [6.07, 6.45) is 2.39. The van der Waals surface area contributed by atoms with Gasteiger partial charge >= 0.3 is 0 Å². The minimum Gasteiger partial charge on any atom is -0.381 e. The van der Waals surface area contributed by atoms with Gasteiger partial charge < -0.3 is 10.2 Å². The molecule has 1 heterocycles. The molecule has 1 fully saturated rings. The number of nitrogens with zero attached hydrogens (tertiary/aromatic N) is 1. The van der Waals surface area contributed by atoms with Gasteiger partial charge in [0.2, 0.25) is 0 Å². The zero-order chi connectivity index (χ0) is 12.3. The van der Waals surface area contributed by atoms with Gasteiger partial charge in [-0.25, -0.2) is 13.2 Å². The number of rotatable bonds is 4. The minimum atomic E-state index is -1.16. The van der Waals surface area contributed by atoms with Crippen molar-refractivity contribution < 1.29 is 13.2 Å². The summed E-state index contributed by atoms with van der Waals surface area (Å²) < 4.78 is 38.8. The molecule has 0 spiro atoms. The van der Waals surface area contributed by atoms with E-state index >= 15 is 0 Å². The molecule has 1 N–H and O–H groups in total. The number of benzene rings is 1. The van der Waals surface area contributed by atoms with E-state index in [2.05, 4.69) is 10.2 Å². The molecule has 17 heavy (non-hydrogen) atoms. The monoisotopic (exact) mass is 244 g/mol. The van der Waals surface area contributed by atoms with Crippen LogP contribution in [0.4, 0.5) is 18.9 Å². The molecule has 0 amide bonds. The quantitative estimate of drug-likeness (QED) is 0.819. The highest BCUT2D eigenvalue weighted by Gasteiger charge is 2.12. The molecule has 1 aliphatic rings. The van der Waals surface area contributed by atoms with E-state index in [1.807, 2.05) is 0 Å². The molecule has 94 valence electrons. The predicted molar refractivity (Wildman–Crippen MR) is 60.5 cm³/mol. The van der Waals surface area contributed by atoms with Gasteiger partial charge in [0.1, 0.15) is 5.82 Å². The Balaban J connectivity index is 1.87. The number of anilines is 1. The van der Waals surface area contributed by atoms with Gasteiger partial charge in [0.15, 0.2) is 11.6 Å². The molecule has 1 aromatic carbocycles. The van der Waals surface area contributed by atoms with Crippen molar-refractivity contribution in [3.05, 3.63) is 29.6 Å². The normalized spacial score (nSPS) is 16.4. The second kappa shape index (κ2) is 5.40. The third-order valence-corrected chi connectivity index (χ3v) is 2.95. The van der Waals surface area contributed by atoms with E-state index in [0.29, 0.717) is 12.6 Å². The first-order valence-corrected chi connectivity index (χ1v) is 5.77. The Morgan fingerprint density at radius 3 is 2.35 bits per heavy atom. The smallest absolute Gasteiger partial charge is 0.161 e. The van der Waals surface area contributed by atoms with Crippen LogP contribution in [0, 0.1) is 17.5 Å². The molecule has 0 radical (unpaired) electrons. The molecule has 0 saturated carbocycles. The van der Waals surface area contributed by atoms with Gasteiger partial charge in [-0.05, 0) is 25.9 Å². The van der Waals surface area contributed by atoms with Crippen LogP contribution < -0.4 is 5.32 Å². The fourth-order valence-electron chi connectivity index (χ4n) is 2.01. The van der Waals surface area contributed by atoms with Gasteiger partial charge in [-0.2, -0.15) is 0 Å². The topological polar surface area (TPSA) is 15.3 Å². The average molecular weight is 244 g/mol. The van der Waals surface area contributed by atoms with Crippen LogP contribution in [-0.2, 0) is 0 Å². The molecular formula is C12H15F3N2. The van der Waals surface area contributed by atoms with E-state index in [0.717, 1.165) is 25.7 Å². The highest BCUT2D eigenvalue weighted by molar-refractivity contribution is 5.45. The summed E-state index contributed by atoms with van der Waals surface area (Å²) in [7, 11) is 0. The molecule has 2 nitrogen and oxygen atoms in total. The average Bonchev–Trinajstić information content (AvgIpc) is 2.78. The summed E-state index contributed by atoms with van der Waals surface area (Å²) in [6, 6.07) is 1.42. The van der Waals surface area contributed by atoms with Crippen LogP contribution in [0.3, 0.4) is 0 Å². The Hall–Kier alpha value is -1.23. The first-order chi connectivity index (χ1) is 8.16. The lowest BCUT2D eigenvalue weighted by molar-refractivity contribution is 0.352. The lowest BCUT2D eigenvalue weighted by atomic mass is 10.3. The maximum atomic E-state index is 13.2. The van der Waals surface area contributed by atoms with Gasteiger partial charge in [0, 0.05) is 25.2 Å². The molecule has 0 atom stereocenters. The van der Waals surface area contributed by atoms with Crippen molar-refractivity contribution >= 4 is 5.69 Å². The maximum Gasteiger partial charge on any atom is 0.161 e. The van der Waals surface area contributed by atoms with Gasteiger partial charge in [-0.3, -0.25) is 0 Å². The van der Waals surface area contributed by atoms with Gasteiger partial charge in [-0.15, -0.1) is 0 Å². The summed E-state index contributed by atoms with van der Waals surface area (Å²) in [6.45, 7) is 3.43. The van der Waals surface area contributed by atoms with Crippen molar-refractivity contribution in [2.75, 3.05) is 31.5 Å². The third kappa shape index (κ3) is 3.12. The predicted octanol–water partition coefficient (Wildman–Crippen LogP) is 2.61. The van der Waals surface area contributed by atoms with Gasteiger partial charge in [-0.1, -0.05) is 0 Å². The van der Waals surface area contributed by atoms with E-state index in [1.54, 1.807) is 0 Å². The van der Waals surface area contributed by atoms with Crippen molar-refractivity contribution in [2.45, 2.75) is 12.8 Å². The Labute approximate surface area is 98.4 Å². The van der Waals surface area contributed by atoms with Crippen LogP contribution in [0.15, 0.2) is 12.1 Å². The first kappa shape index (κ1) is 12.2. The van der Waals surface area contributed by atoms with Crippen LogP contribution in [-0.4, -0.2) is 31.1 Å². The zero-order valence-electron chi connectivity index (χ0n) is 9.48. The number of halogens is 3. The molecular weight excluding hydrogens is 229 g/mol. The van der Waals surface area contributed by atoms with Crippen molar-refractivity contribution in [3.63, 3.8) is 0 Å². The molecule has 0 bridgehead atoms. The minimum absolute atomic E-state index is 0.0168. The molecule has 0 aromatic heterocycles. The summed E-state index contributed by atoms with van der Waals surface area (Å²) in [5.74, 6) is -2.95. The summed E-state index contributed by atoms with van der Waals surface area (Å²) in [4.78, 5) is 2.25. The highest BCUT2D eigenvalue weighted by Crippen LogP contribution is 2.18. The Morgan fingerprint density at radius 2 is 1.65 bits per heavy atom. The summed E-state index contributed by atoms with van der Waals surface area (Å²) in [5.41, 5.74) is 0.0168. The summed E-state index contributed by atoms with van der Waals surface area (Å²) in [5, 5.41) is 2.78. The molecule has 2 rings (SSSR count). The Bertz CT molecular complexity index is 390. The molecule has 1 aromatic rings. The molecule has 1 aliphatic heterocycles. The largest absolute Gasteiger partial charge is 0.381 e. The Kier molecular flexibility index (Phi) is 3.89. The van der Waals surface area contributed by atoms with Crippen LogP contribution in [0.25, 0.3) is 0 Å². The fourth-order valence-corrected chi connectivity index (χ4v) is 2.01. The van der Waals surface area contributed by atoms with Gasteiger partial charge in [0.25, 0.3) is 0 Å². The molecule has 5 heteroatoms. The first-order valence-electron chi connectivity index (χ1n) is 5.77. The number of nitrogens with one attached hydrogen (secondary N) is 1. The molecule has 0 aliphatic carbocycles. The van der Waals surface area contributed by atoms with Crippen LogP contribution in [0.2, 0.25) is 0 Å². The number of hydrogen-bond donors (Lipinski definition) is 1. The number of hydrogen-bond acceptors (Lipinski definition) is 2. The van der Waals surface area contributed by atoms with E-state index < -0.39 is 17.5 Å². The second-order valence-corrected chi connectivity index (χ2v) is 4.22. The van der Waals surface area contributed by atoms with Crippen molar-refractivity contribution in [3.8, 4) is 0 Å². The van der Waals surface area contributed by atoms with E-state index in [1.165, 1.54) is 12.8 Å². The molecule has 1 saturated heterocycles. The van der Waals surface area contributed by atoms with Crippen LogP contribution in [0.5, 0.6) is 0 Å². The second-order valence-electron chi connectivity index (χ2n) is 4.22. The lowest BCUT2D eigenvalue weighted by Gasteiger charge is -2.15.